The largest absolute Gasteiger partial charge is 0.484 e. The Morgan fingerprint density at radius 3 is 2.56 bits per heavy atom. The third-order valence-electron chi connectivity index (χ3n) is 3.66. The van der Waals surface area contributed by atoms with E-state index in [1.54, 1.807) is 0 Å². The van der Waals surface area contributed by atoms with Crippen molar-refractivity contribution < 1.29 is 9.53 Å². The first-order chi connectivity index (χ1) is 12.1. The van der Waals surface area contributed by atoms with Gasteiger partial charge in [0.25, 0.3) is 5.91 Å². The van der Waals surface area contributed by atoms with Crippen LogP contribution in [0.1, 0.15) is 12.5 Å². The van der Waals surface area contributed by atoms with Gasteiger partial charge in [-0.1, -0.05) is 31.2 Å². The number of nitrogens with two attached hydrogens (primary N) is 1. The fourth-order valence-corrected chi connectivity index (χ4v) is 2.98. The SMILES string of the molecule is CCc1ccc(OCC(=O)Nc2nc(-c3ccc(N)cc3)cs2)cc1. The van der Waals surface area contributed by atoms with Crippen molar-refractivity contribution >= 4 is 28.1 Å². The summed E-state index contributed by atoms with van der Waals surface area (Å²) in [7, 11) is 0. The Hall–Kier alpha value is -2.86. The van der Waals surface area contributed by atoms with Crippen molar-refractivity contribution in [1.29, 1.82) is 0 Å². The number of nitrogens with zero attached hydrogens (tertiary/aromatic N) is 1. The van der Waals surface area contributed by atoms with Crippen LogP contribution in [0.15, 0.2) is 53.9 Å². The molecule has 0 radical (unpaired) electrons. The summed E-state index contributed by atoms with van der Waals surface area (Å²) in [5.74, 6) is 0.437. The van der Waals surface area contributed by atoms with Crippen molar-refractivity contribution in [3.8, 4) is 17.0 Å². The Morgan fingerprint density at radius 2 is 1.88 bits per heavy atom. The molecule has 5 nitrogen and oxygen atoms in total. The van der Waals surface area contributed by atoms with Gasteiger partial charge < -0.3 is 10.5 Å². The lowest BCUT2D eigenvalue weighted by atomic mass is 10.1. The van der Waals surface area contributed by atoms with E-state index in [0.29, 0.717) is 16.6 Å². The Morgan fingerprint density at radius 1 is 1.16 bits per heavy atom. The summed E-state index contributed by atoms with van der Waals surface area (Å²) in [6, 6.07) is 15.2. The molecule has 1 amide bonds. The van der Waals surface area contributed by atoms with E-state index < -0.39 is 0 Å². The molecule has 1 aromatic heterocycles. The summed E-state index contributed by atoms with van der Waals surface area (Å²) in [5.41, 5.74) is 9.38. The van der Waals surface area contributed by atoms with Gasteiger partial charge in [0, 0.05) is 16.6 Å². The molecule has 0 aliphatic heterocycles. The summed E-state index contributed by atoms with van der Waals surface area (Å²) >= 11 is 1.37. The Bertz CT molecular complexity index is 842. The number of carbonyl (C=O) groups is 1. The molecule has 0 fully saturated rings. The number of amides is 1. The van der Waals surface area contributed by atoms with E-state index in [-0.39, 0.29) is 12.5 Å². The van der Waals surface area contributed by atoms with E-state index >= 15 is 0 Å². The zero-order chi connectivity index (χ0) is 17.6. The second-order valence-corrected chi connectivity index (χ2v) is 6.35. The van der Waals surface area contributed by atoms with Crippen molar-refractivity contribution in [1.82, 2.24) is 4.98 Å². The van der Waals surface area contributed by atoms with Gasteiger partial charge in [-0.05, 0) is 36.2 Å². The summed E-state index contributed by atoms with van der Waals surface area (Å²) in [5, 5.41) is 5.19. The monoisotopic (exact) mass is 353 g/mol. The van der Waals surface area contributed by atoms with Gasteiger partial charge in [0.2, 0.25) is 0 Å². The molecule has 0 spiro atoms. The third-order valence-corrected chi connectivity index (χ3v) is 4.42. The van der Waals surface area contributed by atoms with Gasteiger partial charge in [0.05, 0.1) is 5.69 Å². The number of hydrogen-bond acceptors (Lipinski definition) is 5. The van der Waals surface area contributed by atoms with Crippen LogP contribution >= 0.6 is 11.3 Å². The van der Waals surface area contributed by atoms with Crippen LogP contribution in [0.4, 0.5) is 10.8 Å². The molecule has 25 heavy (non-hydrogen) atoms. The lowest BCUT2D eigenvalue weighted by molar-refractivity contribution is -0.118. The van der Waals surface area contributed by atoms with Gasteiger partial charge in [-0.25, -0.2) is 4.98 Å². The molecule has 0 saturated carbocycles. The summed E-state index contributed by atoms with van der Waals surface area (Å²) < 4.78 is 5.50. The Balaban J connectivity index is 1.55. The molecule has 3 N–H and O–H groups in total. The van der Waals surface area contributed by atoms with Crippen LogP contribution in [0.25, 0.3) is 11.3 Å². The number of rotatable bonds is 6. The Labute approximate surface area is 150 Å². The second-order valence-electron chi connectivity index (χ2n) is 5.49. The predicted molar refractivity (Wildman–Crippen MR) is 102 cm³/mol. The fraction of sp³-hybridized carbons (Fsp3) is 0.158. The van der Waals surface area contributed by atoms with Crippen molar-refractivity contribution in [2.45, 2.75) is 13.3 Å². The zero-order valence-corrected chi connectivity index (χ0v) is 14.7. The molecule has 0 unspecified atom stereocenters. The molecule has 1 heterocycles. The second kappa shape index (κ2) is 7.81. The number of benzene rings is 2. The van der Waals surface area contributed by atoms with Crippen LogP contribution in [0.2, 0.25) is 0 Å². The average molecular weight is 353 g/mol. The van der Waals surface area contributed by atoms with E-state index in [9.17, 15) is 4.79 Å². The highest BCUT2D eigenvalue weighted by molar-refractivity contribution is 7.14. The highest BCUT2D eigenvalue weighted by atomic mass is 32.1. The van der Waals surface area contributed by atoms with Gasteiger partial charge in [0.15, 0.2) is 11.7 Å². The van der Waals surface area contributed by atoms with E-state index in [1.807, 2.05) is 53.9 Å². The molecule has 0 aliphatic rings. The molecule has 0 aliphatic carbocycles. The lowest BCUT2D eigenvalue weighted by Gasteiger charge is -2.06. The number of nitrogens with one attached hydrogen (secondary N) is 1. The molecule has 0 saturated heterocycles. The molecule has 0 atom stereocenters. The van der Waals surface area contributed by atoms with Crippen LogP contribution in [0.5, 0.6) is 5.75 Å². The van der Waals surface area contributed by atoms with Crippen molar-refractivity contribution in [2.24, 2.45) is 0 Å². The van der Waals surface area contributed by atoms with Gasteiger partial charge >= 0.3 is 0 Å². The number of hydrogen-bond donors (Lipinski definition) is 2. The number of aryl methyl sites for hydroxylation is 1. The fourth-order valence-electron chi connectivity index (χ4n) is 2.24. The summed E-state index contributed by atoms with van der Waals surface area (Å²) in [6.45, 7) is 2.04. The zero-order valence-electron chi connectivity index (χ0n) is 13.9. The van der Waals surface area contributed by atoms with Gasteiger partial charge in [-0.3, -0.25) is 10.1 Å². The molecule has 6 heteroatoms. The smallest absolute Gasteiger partial charge is 0.264 e. The molecular weight excluding hydrogens is 334 g/mol. The number of carbonyl (C=O) groups excluding carboxylic acids is 1. The van der Waals surface area contributed by atoms with E-state index in [2.05, 4.69) is 17.2 Å². The van der Waals surface area contributed by atoms with Crippen LogP contribution in [0, 0.1) is 0 Å². The van der Waals surface area contributed by atoms with Crippen molar-refractivity contribution in [3.63, 3.8) is 0 Å². The summed E-state index contributed by atoms with van der Waals surface area (Å²) in [4.78, 5) is 16.4. The van der Waals surface area contributed by atoms with Crippen LogP contribution < -0.4 is 15.8 Å². The maximum Gasteiger partial charge on any atom is 0.264 e. The number of anilines is 2. The highest BCUT2D eigenvalue weighted by Crippen LogP contribution is 2.25. The van der Waals surface area contributed by atoms with Crippen molar-refractivity contribution in [3.05, 3.63) is 59.5 Å². The van der Waals surface area contributed by atoms with Gasteiger partial charge in [-0.2, -0.15) is 0 Å². The van der Waals surface area contributed by atoms with Crippen LogP contribution in [-0.4, -0.2) is 17.5 Å². The normalized spacial score (nSPS) is 10.4. The molecule has 128 valence electrons. The first kappa shape index (κ1) is 17.0. The minimum absolute atomic E-state index is 0.0533. The number of aromatic nitrogens is 1. The molecule has 3 aromatic rings. The standard InChI is InChI=1S/C19H19N3O2S/c1-2-13-3-9-16(10-4-13)24-11-18(23)22-19-21-17(12-25-19)14-5-7-15(20)8-6-14/h3-10,12H,2,11,20H2,1H3,(H,21,22,23). The third kappa shape index (κ3) is 4.58. The first-order valence-corrected chi connectivity index (χ1v) is 8.85. The number of ether oxygens (including phenoxy) is 1. The van der Waals surface area contributed by atoms with Crippen molar-refractivity contribution in [2.75, 3.05) is 17.7 Å². The number of nitrogen functional groups attached to an aromatic ring is 1. The minimum atomic E-state index is -0.238. The highest BCUT2D eigenvalue weighted by Gasteiger charge is 2.09. The molecule has 2 aromatic carbocycles. The quantitative estimate of drug-likeness (QED) is 0.657. The predicted octanol–water partition coefficient (Wildman–Crippen LogP) is 3.97. The Kier molecular flexibility index (Phi) is 5.30. The topological polar surface area (TPSA) is 77.2 Å². The molecule has 0 bridgehead atoms. The van der Waals surface area contributed by atoms with E-state index in [4.69, 9.17) is 10.5 Å². The van der Waals surface area contributed by atoms with Crippen LogP contribution in [-0.2, 0) is 11.2 Å². The van der Waals surface area contributed by atoms with Gasteiger partial charge in [-0.15, -0.1) is 11.3 Å². The van der Waals surface area contributed by atoms with Gasteiger partial charge in [0.1, 0.15) is 5.75 Å². The minimum Gasteiger partial charge on any atom is -0.484 e. The van der Waals surface area contributed by atoms with E-state index in [1.165, 1.54) is 16.9 Å². The maximum absolute atomic E-state index is 12.0. The average Bonchev–Trinajstić information content (AvgIpc) is 3.09. The maximum atomic E-state index is 12.0. The lowest BCUT2D eigenvalue weighted by Crippen LogP contribution is -2.20. The summed E-state index contributed by atoms with van der Waals surface area (Å²) in [6.07, 6.45) is 0.973. The molecule has 3 rings (SSSR count). The van der Waals surface area contributed by atoms with Crippen LogP contribution in [0.3, 0.4) is 0 Å². The number of thiazole rings is 1. The van der Waals surface area contributed by atoms with E-state index in [0.717, 1.165) is 17.7 Å². The molecular formula is C19H19N3O2S. The first-order valence-electron chi connectivity index (χ1n) is 7.97.